The minimum atomic E-state index is -0.279. The van der Waals surface area contributed by atoms with Gasteiger partial charge in [-0.1, -0.05) is 42.0 Å². The molecule has 0 bridgehead atoms. The van der Waals surface area contributed by atoms with E-state index in [1.54, 1.807) is 24.3 Å². The van der Waals surface area contributed by atoms with Crippen molar-refractivity contribution in [3.63, 3.8) is 0 Å². The van der Waals surface area contributed by atoms with Crippen LogP contribution >= 0.6 is 0 Å². The maximum absolute atomic E-state index is 12.0. The molecule has 0 aliphatic carbocycles. The molecule has 4 nitrogen and oxygen atoms in total. The molecule has 3 aromatic rings. The minimum Gasteiger partial charge on any atom is -0.494 e. The summed E-state index contributed by atoms with van der Waals surface area (Å²) in [7, 11) is 0. The quantitative estimate of drug-likeness (QED) is 0.321. The van der Waals surface area contributed by atoms with Gasteiger partial charge in [0.15, 0.2) is 0 Å². The third-order valence-electron chi connectivity index (χ3n) is 4.25. The van der Waals surface area contributed by atoms with E-state index in [0.717, 1.165) is 16.9 Å². The molecule has 0 amide bonds. The SMILES string of the molecule is Cc1ccc(OCCCC(=O)Oc2ccc(-c3ccc(C#N)cc3)cc2)cc1. The summed E-state index contributed by atoms with van der Waals surface area (Å²) in [6.45, 7) is 2.49. The van der Waals surface area contributed by atoms with Crippen LogP contribution in [-0.2, 0) is 4.79 Å². The number of nitriles is 1. The molecule has 0 unspecified atom stereocenters. The largest absolute Gasteiger partial charge is 0.494 e. The van der Waals surface area contributed by atoms with Crippen molar-refractivity contribution in [2.45, 2.75) is 19.8 Å². The second-order valence-electron chi connectivity index (χ2n) is 6.45. The summed E-state index contributed by atoms with van der Waals surface area (Å²) in [5.41, 5.74) is 3.81. The molecule has 0 aliphatic rings. The van der Waals surface area contributed by atoms with Crippen molar-refractivity contribution in [3.8, 4) is 28.7 Å². The van der Waals surface area contributed by atoms with E-state index >= 15 is 0 Å². The molecule has 0 aromatic heterocycles. The number of hydrogen-bond donors (Lipinski definition) is 0. The van der Waals surface area contributed by atoms with Crippen LogP contribution in [0.4, 0.5) is 0 Å². The summed E-state index contributed by atoms with van der Waals surface area (Å²) >= 11 is 0. The van der Waals surface area contributed by atoms with E-state index < -0.39 is 0 Å². The number of ether oxygens (including phenoxy) is 2. The highest BCUT2D eigenvalue weighted by Crippen LogP contribution is 2.23. The van der Waals surface area contributed by atoms with E-state index in [1.807, 2.05) is 55.5 Å². The van der Waals surface area contributed by atoms with Crippen molar-refractivity contribution in [2.75, 3.05) is 6.61 Å². The summed E-state index contributed by atoms with van der Waals surface area (Å²) in [6.07, 6.45) is 0.888. The Kier molecular flexibility index (Phi) is 6.43. The standard InChI is InChI=1S/C24H21NO3/c1-18-4-12-22(13-5-18)27-16-2-3-24(26)28-23-14-10-21(11-15-23)20-8-6-19(17-25)7-9-20/h4-15H,2-3,16H2,1H3. The maximum atomic E-state index is 12.0. The van der Waals surface area contributed by atoms with E-state index in [1.165, 1.54) is 5.56 Å². The number of nitrogens with zero attached hydrogens (tertiary/aromatic N) is 1. The highest BCUT2D eigenvalue weighted by atomic mass is 16.5. The summed E-state index contributed by atoms with van der Waals surface area (Å²) < 4.78 is 11.0. The van der Waals surface area contributed by atoms with Crippen molar-refractivity contribution < 1.29 is 14.3 Å². The molecule has 4 heteroatoms. The fraction of sp³-hybridized carbons (Fsp3) is 0.167. The van der Waals surface area contributed by atoms with Gasteiger partial charge in [0.25, 0.3) is 0 Å². The summed E-state index contributed by atoms with van der Waals surface area (Å²) in [5.74, 6) is 1.04. The van der Waals surface area contributed by atoms with Crippen LogP contribution in [0, 0.1) is 18.3 Å². The number of hydrogen-bond acceptors (Lipinski definition) is 4. The van der Waals surface area contributed by atoms with Gasteiger partial charge in [0.1, 0.15) is 11.5 Å². The average Bonchev–Trinajstić information content (AvgIpc) is 2.73. The van der Waals surface area contributed by atoms with E-state index in [2.05, 4.69) is 6.07 Å². The second kappa shape index (κ2) is 9.38. The van der Waals surface area contributed by atoms with Gasteiger partial charge >= 0.3 is 5.97 Å². The molecule has 0 saturated heterocycles. The number of aryl methyl sites for hydroxylation is 1. The molecular weight excluding hydrogens is 350 g/mol. The highest BCUT2D eigenvalue weighted by Gasteiger charge is 2.06. The molecule has 28 heavy (non-hydrogen) atoms. The van der Waals surface area contributed by atoms with Crippen molar-refractivity contribution in [1.82, 2.24) is 0 Å². The molecule has 140 valence electrons. The zero-order chi connectivity index (χ0) is 19.8. The average molecular weight is 371 g/mol. The lowest BCUT2D eigenvalue weighted by molar-refractivity contribution is -0.134. The molecule has 0 fully saturated rings. The molecule has 0 N–H and O–H groups in total. The van der Waals surface area contributed by atoms with Gasteiger partial charge in [-0.05, 0) is 60.9 Å². The Hall–Kier alpha value is -3.58. The lowest BCUT2D eigenvalue weighted by Crippen LogP contribution is -2.09. The number of benzene rings is 3. The Morgan fingerprint density at radius 1 is 0.857 bits per heavy atom. The fourth-order valence-electron chi connectivity index (χ4n) is 2.68. The minimum absolute atomic E-state index is 0.279. The Bertz CT molecular complexity index is 953. The number of carbonyl (C=O) groups is 1. The Labute approximate surface area is 165 Å². The first-order chi connectivity index (χ1) is 13.6. The van der Waals surface area contributed by atoms with Crippen molar-refractivity contribution >= 4 is 5.97 Å². The predicted molar refractivity (Wildman–Crippen MR) is 108 cm³/mol. The van der Waals surface area contributed by atoms with Crippen molar-refractivity contribution in [2.24, 2.45) is 0 Å². The molecule has 3 aromatic carbocycles. The third-order valence-corrected chi connectivity index (χ3v) is 4.25. The van der Waals surface area contributed by atoms with Crippen LogP contribution < -0.4 is 9.47 Å². The monoisotopic (exact) mass is 371 g/mol. The Morgan fingerprint density at radius 2 is 1.43 bits per heavy atom. The smallest absolute Gasteiger partial charge is 0.311 e. The van der Waals surface area contributed by atoms with Crippen molar-refractivity contribution in [1.29, 1.82) is 5.26 Å². The van der Waals surface area contributed by atoms with Crippen LogP contribution in [0.15, 0.2) is 72.8 Å². The molecule has 0 aliphatic heterocycles. The molecule has 3 rings (SSSR count). The van der Waals surface area contributed by atoms with Gasteiger partial charge in [0.2, 0.25) is 0 Å². The van der Waals surface area contributed by atoms with Gasteiger partial charge in [-0.2, -0.15) is 5.26 Å². The lowest BCUT2D eigenvalue weighted by Gasteiger charge is -2.08. The normalized spacial score (nSPS) is 10.1. The van der Waals surface area contributed by atoms with E-state index in [-0.39, 0.29) is 5.97 Å². The lowest BCUT2D eigenvalue weighted by atomic mass is 10.0. The number of carbonyl (C=O) groups excluding carboxylic acids is 1. The highest BCUT2D eigenvalue weighted by molar-refractivity contribution is 5.73. The first-order valence-electron chi connectivity index (χ1n) is 9.15. The van der Waals surface area contributed by atoms with Crippen LogP contribution in [0.3, 0.4) is 0 Å². The van der Waals surface area contributed by atoms with E-state index in [9.17, 15) is 4.79 Å². The first-order valence-corrected chi connectivity index (χ1v) is 9.15. The zero-order valence-electron chi connectivity index (χ0n) is 15.7. The molecule has 0 atom stereocenters. The van der Waals surface area contributed by atoms with Gasteiger partial charge in [0, 0.05) is 6.42 Å². The molecule has 0 saturated carbocycles. The maximum Gasteiger partial charge on any atom is 0.311 e. The summed E-state index contributed by atoms with van der Waals surface area (Å²) in [4.78, 5) is 12.0. The van der Waals surface area contributed by atoms with Crippen LogP contribution in [0.25, 0.3) is 11.1 Å². The van der Waals surface area contributed by atoms with E-state index in [4.69, 9.17) is 14.7 Å². The van der Waals surface area contributed by atoms with Gasteiger partial charge < -0.3 is 9.47 Å². The Balaban J connectivity index is 1.44. The van der Waals surface area contributed by atoms with Gasteiger partial charge in [-0.3, -0.25) is 4.79 Å². The van der Waals surface area contributed by atoms with E-state index in [0.29, 0.717) is 30.8 Å². The zero-order valence-corrected chi connectivity index (χ0v) is 15.7. The first kappa shape index (κ1) is 19.2. The van der Waals surface area contributed by atoms with Crippen molar-refractivity contribution in [3.05, 3.63) is 83.9 Å². The van der Waals surface area contributed by atoms with Gasteiger partial charge in [0.05, 0.1) is 18.2 Å². The third kappa shape index (κ3) is 5.46. The summed E-state index contributed by atoms with van der Waals surface area (Å²) in [6, 6.07) is 24.6. The predicted octanol–water partition coefficient (Wildman–Crippen LogP) is 5.30. The second-order valence-corrected chi connectivity index (χ2v) is 6.45. The molecule has 0 heterocycles. The van der Waals surface area contributed by atoms with Crippen LogP contribution in [0.1, 0.15) is 24.0 Å². The summed E-state index contributed by atoms with van der Waals surface area (Å²) in [5, 5.41) is 8.86. The van der Waals surface area contributed by atoms with Crippen LogP contribution in [-0.4, -0.2) is 12.6 Å². The molecular formula is C24H21NO3. The molecule has 0 radical (unpaired) electrons. The number of esters is 1. The number of rotatable bonds is 7. The van der Waals surface area contributed by atoms with Gasteiger partial charge in [-0.15, -0.1) is 0 Å². The van der Waals surface area contributed by atoms with Gasteiger partial charge in [-0.25, -0.2) is 0 Å². The Morgan fingerprint density at radius 3 is 2.04 bits per heavy atom. The van der Waals surface area contributed by atoms with Crippen LogP contribution in [0.5, 0.6) is 11.5 Å². The topological polar surface area (TPSA) is 59.3 Å². The fourth-order valence-corrected chi connectivity index (χ4v) is 2.68. The molecule has 0 spiro atoms. The van der Waals surface area contributed by atoms with Crippen LogP contribution in [0.2, 0.25) is 0 Å².